The highest BCUT2D eigenvalue weighted by atomic mass is 16.1. The summed E-state index contributed by atoms with van der Waals surface area (Å²) < 4.78 is 0. The number of nitrogens with one attached hydrogen (secondary N) is 3. The van der Waals surface area contributed by atoms with Gasteiger partial charge in [-0.1, -0.05) is 0 Å². The fraction of sp³-hybridized carbons (Fsp3) is 0.500. The molecule has 0 aliphatic rings. The van der Waals surface area contributed by atoms with E-state index in [0.29, 0.717) is 18.1 Å². The number of H-pyrrole nitrogens is 1. The monoisotopic (exact) mass is 182 g/mol. The lowest BCUT2D eigenvalue weighted by molar-refractivity contribution is 1.06. The van der Waals surface area contributed by atoms with Crippen LogP contribution in [0.4, 0.5) is 11.5 Å². The van der Waals surface area contributed by atoms with Crippen LogP contribution in [0.15, 0.2) is 11.1 Å². The third-order valence-electron chi connectivity index (χ3n) is 1.55. The van der Waals surface area contributed by atoms with Crippen LogP contribution in [0.3, 0.4) is 0 Å². The summed E-state index contributed by atoms with van der Waals surface area (Å²) in [6.45, 7) is 5.34. The summed E-state index contributed by atoms with van der Waals surface area (Å²) in [6, 6.07) is 0. The zero-order valence-electron chi connectivity index (χ0n) is 7.85. The molecule has 5 nitrogen and oxygen atoms in total. The molecular weight excluding hydrogens is 168 g/mol. The molecule has 5 heteroatoms. The van der Waals surface area contributed by atoms with Gasteiger partial charge in [0, 0.05) is 13.1 Å². The van der Waals surface area contributed by atoms with E-state index in [1.54, 1.807) is 0 Å². The second-order valence-electron chi connectivity index (χ2n) is 2.52. The van der Waals surface area contributed by atoms with Gasteiger partial charge in [-0.25, -0.2) is 4.98 Å². The predicted octanol–water partition coefficient (Wildman–Crippen LogP) is 0.633. The van der Waals surface area contributed by atoms with Crippen molar-refractivity contribution in [1.82, 2.24) is 9.97 Å². The maximum Gasteiger partial charge on any atom is 0.276 e. The number of hydrogen-bond acceptors (Lipinski definition) is 4. The first-order valence-corrected chi connectivity index (χ1v) is 4.35. The SMILES string of the molecule is CCNc1nc[nH]c(=O)c1NCC. The fourth-order valence-electron chi connectivity index (χ4n) is 1.04. The summed E-state index contributed by atoms with van der Waals surface area (Å²) in [6.07, 6.45) is 1.39. The maximum atomic E-state index is 11.3. The quantitative estimate of drug-likeness (QED) is 0.639. The van der Waals surface area contributed by atoms with Crippen LogP contribution in [-0.2, 0) is 0 Å². The van der Waals surface area contributed by atoms with Gasteiger partial charge in [-0.15, -0.1) is 0 Å². The van der Waals surface area contributed by atoms with E-state index in [9.17, 15) is 4.79 Å². The van der Waals surface area contributed by atoms with E-state index in [0.717, 1.165) is 6.54 Å². The number of nitrogens with zero attached hydrogens (tertiary/aromatic N) is 1. The molecule has 0 saturated heterocycles. The van der Waals surface area contributed by atoms with Gasteiger partial charge in [0.15, 0.2) is 5.82 Å². The maximum absolute atomic E-state index is 11.3. The number of anilines is 2. The van der Waals surface area contributed by atoms with Gasteiger partial charge >= 0.3 is 0 Å². The third-order valence-corrected chi connectivity index (χ3v) is 1.55. The summed E-state index contributed by atoms with van der Waals surface area (Å²) in [7, 11) is 0. The molecule has 0 aliphatic carbocycles. The summed E-state index contributed by atoms with van der Waals surface area (Å²) >= 11 is 0. The molecule has 0 amide bonds. The van der Waals surface area contributed by atoms with Crippen LogP contribution in [0.1, 0.15) is 13.8 Å². The first-order chi connectivity index (χ1) is 6.29. The molecule has 1 aromatic heterocycles. The summed E-state index contributed by atoms with van der Waals surface area (Å²) in [5, 5.41) is 5.97. The summed E-state index contributed by atoms with van der Waals surface area (Å²) in [4.78, 5) is 17.8. The largest absolute Gasteiger partial charge is 0.378 e. The molecule has 1 heterocycles. The molecule has 1 rings (SSSR count). The molecule has 0 aliphatic heterocycles. The normalized spacial score (nSPS) is 9.69. The van der Waals surface area contributed by atoms with Crippen LogP contribution in [0.25, 0.3) is 0 Å². The van der Waals surface area contributed by atoms with Gasteiger partial charge in [0.1, 0.15) is 5.69 Å². The Kier molecular flexibility index (Phi) is 3.31. The van der Waals surface area contributed by atoms with Crippen molar-refractivity contribution >= 4 is 11.5 Å². The highest BCUT2D eigenvalue weighted by molar-refractivity contribution is 5.62. The Bertz CT molecular complexity index is 320. The summed E-state index contributed by atoms with van der Waals surface area (Å²) in [5.41, 5.74) is 0.361. The van der Waals surface area contributed by atoms with Crippen molar-refractivity contribution in [3.63, 3.8) is 0 Å². The zero-order valence-corrected chi connectivity index (χ0v) is 7.85. The Morgan fingerprint density at radius 2 is 2.08 bits per heavy atom. The van der Waals surface area contributed by atoms with Gasteiger partial charge in [0.25, 0.3) is 5.56 Å². The van der Waals surface area contributed by atoms with Crippen molar-refractivity contribution in [2.75, 3.05) is 23.7 Å². The Morgan fingerprint density at radius 3 is 2.69 bits per heavy atom. The smallest absolute Gasteiger partial charge is 0.276 e. The Hall–Kier alpha value is -1.52. The fourth-order valence-corrected chi connectivity index (χ4v) is 1.04. The molecule has 0 spiro atoms. The van der Waals surface area contributed by atoms with Crippen LogP contribution >= 0.6 is 0 Å². The minimum atomic E-state index is -0.146. The van der Waals surface area contributed by atoms with E-state index < -0.39 is 0 Å². The Morgan fingerprint density at radius 1 is 1.38 bits per heavy atom. The molecule has 0 fully saturated rings. The molecule has 0 aromatic carbocycles. The molecule has 0 atom stereocenters. The molecule has 13 heavy (non-hydrogen) atoms. The molecular formula is C8H14N4O. The third kappa shape index (κ3) is 2.21. The Balaban J connectivity index is 3.02. The molecule has 0 bridgehead atoms. The average molecular weight is 182 g/mol. The molecule has 0 unspecified atom stereocenters. The second kappa shape index (κ2) is 4.49. The number of aromatic nitrogens is 2. The van der Waals surface area contributed by atoms with E-state index in [4.69, 9.17) is 0 Å². The molecule has 72 valence electrons. The van der Waals surface area contributed by atoms with Gasteiger partial charge in [-0.2, -0.15) is 0 Å². The van der Waals surface area contributed by atoms with Crippen LogP contribution in [0.5, 0.6) is 0 Å². The second-order valence-corrected chi connectivity index (χ2v) is 2.52. The molecule has 0 saturated carbocycles. The van der Waals surface area contributed by atoms with Crippen molar-refractivity contribution in [2.24, 2.45) is 0 Å². The molecule has 0 radical (unpaired) electrons. The minimum Gasteiger partial charge on any atom is -0.378 e. The van der Waals surface area contributed by atoms with Gasteiger partial charge in [-0.05, 0) is 13.8 Å². The van der Waals surface area contributed by atoms with Crippen molar-refractivity contribution in [1.29, 1.82) is 0 Å². The van der Waals surface area contributed by atoms with E-state index in [1.165, 1.54) is 6.33 Å². The van der Waals surface area contributed by atoms with Gasteiger partial charge in [0.05, 0.1) is 6.33 Å². The van der Waals surface area contributed by atoms with Crippen LogP contribution in [0.2, 0.25) is 0 Å². The van der Waals surface area contributed by atoms with Crippen LogP contribution in [-0.4, -0.2) is 23.1 Å². The lowest BCUT2D eigenvalue weighted by Crippen LogP contribution is -2.17. The van der Waals surface area contributed by atoms with Gasteiger partial charge in [0.2, 0.25) is 0 Å². The van der Waals surface area contributed by atoms with Gasteiger partial charge in [-0.3, -0.25) is 4.79 Å². The van der Waals surface area contributed by atoms with Gasteiger partial charge < -0.3 is 15.6 Å². The highest BCUT2D eigenvalue weighted by Crippen LogP contribution is 2.10. The Labute approximate surface area is 76.6 Å². The van der Waals surface area contributed by atoms with E-state index in [1.807, 2.05) is 13.8 Å². The topological polar surface area (TPSA) is 69.8 Å². The first kappa shape index (κ1) is 9.57. The number of hydrogen-bond donors (Lipinski definition) is 3. The number of rotatable bonds is 4. The summed E-state index contributed by atoms with van der Waals surface area (Å²) in [5.74, 6) is 0.605. The van der Waals surface area contributed by atoms with Crippen molar-refractivity contribution in [2.45, 2.75) is 13.8 Å². The van der Waals surface area contributed by atoms with Crippen LogP contribution in [0, 0.1) is 0 Å². The standard InChI is InChI=1S/C8H14N4O/c1-3-9-6-7(10-4-2)11-5-12-8(6)13/h5,9H,3-4H2,1-2H3,(H2,10,11,12,13). The lowest BCUT2D eigenvalue weighted by Gasteiger charge is -2.08. The zero-order chi connectivity index (χ0) is 9.68. The first-order valence-electron chi connectivity index (χ1n) is 4.35. The lowest BCUT2D eigenvalue weighted by atomic mass is 10.4. The number of aromatic amines is 1. The highest BCUT2D eigenvalue weighted by Gasteiger charge is 2.04. The van der Waals surface area contributed by atoms with Crippen molar-refractivity contribution in [3.05, 3.63) is 16.7 Å². The van der Waals surface area contributed by atoms with E-state index in [-0.39, 0.29) is 5.56 Å². The minimum absolute atomic E-state index is 0.146. The van der Waals surface area contributed by atoms with Crippen molar-refractivity contribution < 1.29 is 0 Å². The van der Waals surface area contributed by atoms with Crippen molar-refractivity contribution in [3.8, 4) is 0 Å². The average Bonchev–Trinajstić information content (AvgIpc) is 2.11. The molecule has 3 N–H and O–H groups in total. The van der Waals surface area contributed by atoms with E-state index in [2.05, 4.69) is 20.6 Å². The van der Waals surface area contributed by atoms with E-state index >= 15 is 0 Å². The molecule has 1 aromatic rings. The predicted molar refractivity (Wildman–Crippen MR) is 53.2 cm³/mol. The van der Waals surface area contributed by atoms with Crippen LogP contribution < -0.4 is 16.2 Å².